The lowest BCUT2D eigenvalue weighted by molar-refractivity contribution is -0.121. The minimum Gasteiger partial charge on any atom is -0.500 e. The molecular weight excluding hydrogens is 156 g/mol. The first-order chi connectivity index (χ1) is 5.69. The second-order valence-corrected chi connectivity index (χ2v) is 2.63. The van der Waals surface area contributed by atoms with E-state index in [0.29, 0.717) is 11.5 Å². The monoisotopic (exact) mass is 168 g/mol. The van der Waals surface area contributed by atoms with Crippen LogP contribution >= 0.6 is 0 Å². The van der Waals surface area contributed by atoms with Crippen LogP contribution in [-0.4, -0.2) is 25.3 Å². The average molecular weight is 168 g/mol. The van der Waals surface area contributed by atoms with Crippen LogP contribution < -0.4 is 5.73 Å². The van der Waals surface area contributed by atoms with Crippen LogP contribution in [-0.2, 0) is 9.53 Å². The van der Waals surface area contributed by atoms with Crippen LogP contribution in [0.5, 0.6) is 0 Å². The Bertz CT molecular complexity index is 256. The van der Waals surface area contributed by atoms with E-state index in [1.807, 2.05) is 0 Å². The molecule has 0 radical (unpaired) electrons. The van der Waals surface area contributed by atoms with Crippen LogP contribution in [0, 0.1) is 5.92 Å². The number of carbonyl (C=O) groups is 1. The summed E-state index contributed by atoms with van der Waals surface area (Å²) in [5.74, 6) is 0.00282. The number of ether oxygens (including phenoxy) is 1. The van der Waals surface area contributed by atoms with Crippen molar-refractivity contribution in [2.75, 3.05) is 13.7 Å². The zero-order chi connectivity index (χ0) is 9.14. The Hall–Kier alpha value is -1.16. The van der Waals surface area contributed by atoms with Gasteiger partial charge in [0.15, 0.2) is 0 Å². The molecule has 0 aliphatic carbocycles. The van der Waals surface area contributed by atoms with E-state index in [2.05, 4.69) is 4.99 Å². The maximum atomic E-state index is 11.2. The molecule has 1 aliphatic heterocycles. The molecule has 1 aliphatic rings. The molecule has 2 N–H and O–H groups in total. The van der Waals surface area contributed by atoms with Crippen molar-refractivity contribution >= 4 is 11.6 Å². The van der Waals surface area contributed by atoms with Gasteiger partial charge in [-0.2, -0.15) is 0 Å². The second-order valence-electron chi connectivity index (χ2n) is 2.63. The van der Waals surface area contributed by atoms with Crippen LogP contribution in [0.4, 0.5) is 0 Å². The molecule has 12 heavy (non-hydrogen) atoms. The number of carbonyl (C=O) groups excluding carboxylic acids is 1. The topological polar surface area (TPSA) is 64.7 Å². The SMILES string of the molecule is COC1=CC(C)=NC(=O)C1CN. The van der Waals surface area contributed by atoms with Crippen molar-refractivity contribution in [3.8, 4) is 0 Å². The van der Waals surface area contributed by atoms with E-state index in [1.165, 1.54) is 7.11 Å². The Morgan fingerprint density at radius 3 is 2.92 bits per heavy atom. The summed E-state index contributed by atoms with van der Waals surface area (Å²) in [7, 11) is 1.53. The molecule has 1 amide bonds. The Morgan fingerprint density at radius 2 is 2.42 bits per heavy atom. The number of dihydropyridines is 1. The molecule has 1 rings (SSSR count). The predicted molar refractivity (Wildman–Crippen MR) is 45.8 cm³/mol. The smallest absolute Gasteiger partial charge is 0.257 e. The fraction of sp³-hybridized carbons (Fsp3) is 0.500. The van der Waals surface area contributed by atoms with Crippen molar-refractivity contribution in [1.82, 2.24) is 0 Å². The first-order valence-corrected chi connectivity index (χ1v) is 3.73. The highest BCUT2D eigenvalue weighted by atomic mass is 16.5. The summed E-state index contributed by atoms with van der Waals surface area (Å²) in [5, 5.41) is 0. The summed E-state index contributed by atoms with van der Waals surface area (Å²) in [6.45, 7) is 2.00. The van der Waals surface area contributed by atoms with Crippen molar-refractivity contribution < 1.29 is 9.53 Å². The van der Waals surface area contributed by atoms with E-state index in [1.54, 1.807) is 13.0 Å². The molecule has 4 nitrogen and oxygen atoms in total. The van der Waals surface area contributed by atoms with E-state index in [0.717, 1.165) is 0 Å². The molecule has 0 fully saturated rings. The summed E-state index contributed by atoms with van der Waals surface area (Å²) in [4.78, 5) is 15.0. The first-order valence-electron chi connectivity index (χ1n) is 3.73. The van der Waals surface area contributed by atoms with Crippen LogP contribution in [0.15, 0.2) is 16.8 Å². The van der Waals surface area contributed by atoms with Gasteiger partial charge in [0, 0.05) is 12.3 Å². The van der Waals surface area contributed by atoms with Crippen LogP contribution in [0.25, 0.3) is 0 Å². The maximum Gasteiger partial charge on any atom is 0.257 e. The lowest BCUT2D eigenvalue weighted by atomic mass is 10.0. The van der Waals surface area contributed by atoms with Gasteiger partial charge in [0.2, 0.25) is 0 Å². The van der Waals surface area contributed by atoms with Gasteiger partial charge in [-0.1, -0.05) is 0 Å². The Balaban J connectivity index is 2.92. The van der Waals surface area contributed by atoms with Gasteiger partial charge in [0.05, 0.1) is 7.11 Å². The molecular formula is C8H12N2O2. The highest BCUT2D eigenvalue weighted by Gasteiger charge is 2.25. The van der Waals surface area contributed by atoms with Crippen LogP contribution in [0.1, 0.15) is 6.92 Å². The zero-order valence-corrected chi connectivity index (χ0v) is 7.20. The largest absolute Gasteiger partial charge is 0.500 e. The van der Waals surface area contributed by atoms with E-state index in [4.69, 9.17) is 10.5 Å². The average Bonchev–Trinajstić information content (AvgIpc) is 2.03. The minimum atomic E-state index is -0.390. The molecule has 1 heterocycles. The molecule has 0 spiro atoms. The molecule has 0 aromatic heterocycles. The first kappa shape index (κ1) is 8.93. The van der Waals surface area contributed by atoms with Gasteiger partial charge in [-0.25, -0.2) is 4.99 Å². The standard InChI is InChI=1S/C8H12N2O2/c1-5-3-7(12-2)6(4-9)8(11)10-5/h3,6H,4,9H2,1-2H3. The van der Waals surface area contributed by atoms with E-state index < -0.39 is 5.92 Å². The lowest BCUT2D eigenvalue weighted by Gasteiger charge is -2.17. The number of nitrogens with two attached hydrogens (primary N) is 1. The zero-order valence-electron chi connectivity index (χ0n) is 7.20. The van der Waals surface area contributed by atoms with Gasteiger partial charge < -0.3 is 10.5 Å². The lowest BCUT2D eigenvalue weighted by Crippen LogP contribution is -2.28. The minimum absolute atomic E-state index is 0.214. The molecule has 0 aromatic carbocycles. The van der Waals surface area contributed by atoms with Gasteiger partial charge in [-0.3, -0.25) is 4.79 Å². The van der Waals surface area contributed by atoms with Gasteiger partial charge >= 0.3 is 0 Å². The van der Waals surface area contributed by atoms with Gasteiger partial charge in [0.25, 0.3) is 5.91 Å². The van der Waals surface area contributed by atoms with Gasteiger partial charge in [0.1, 0.15) is 11.7 Å². The van der Waals surface area contributed by atoms with Gasteiger partial charge in [-0.05, 0) is 13.0 Å². The molecule has 0 aromatic rings. The number of aliphatic imine (C=N–C) groups is 1. The number of hydrogen-bond donors (Lipinski definition) is 1. The summed E-state index contributed by atoms with van der Waals surface area (Å²) in [6.07, 6.45) is 1.74. The number of rotatable bonds is 2. The highest BCUT2D eigenvalue weighted by molar-refractivity contribution is 6.05. The Labute approximate surface area is 71.1 Å². The number of nitrogens with zero attached hydrogens (tertiary/aromatic N) is 1. The normalized spacial score (nSPS) is 23.2. The third-order valence-corrected chi connectivity index (χ3v) is 1.75. The quantitative estimate of drug-likeness (QED) is 0.635. The fourth-order valence-electron chi connectivity index (χ4n) is 1.13. The second kappa shape index (κ2) is 3.49. The molecule has 4 heteroatoms. The maximum absolute atomic E-state index is 11.2. The predicted octanol–water partition coefficient (Wildman–Crippen LogP) is 0.0927. The van der Waals surface area contributed by atoms with Crippen LogP contribution in [0.2, 0.25) is 0 Å². The van der Waals surface area contributed by atoms with Crippen molar-refractivity contribution in [3.63, 3.8) is 0 Å². The van der Waals surface area contributed by atoms with E-state index in [9.17, 15) is 4.79 Å². The molecule has 0 saturated carbocycles. The summed E-state index contributed by atoms with van der Waals surface area (Å²) in [6, 6.07) is 0. The van der Waals surface area contributed by atoms with E-state index in [-0.39, 0.29) is 12.5 Å². The van der Waals surface area contributed by atoms with E-state index >= 15 is 0 Å². The van der Waals surface area contributed by atoms with Crippen molar-refractivity contribution in [1.29, 1.82) is 0 Å². The molecule has 0 bridgehead atoms. The number of methoxy groups -OCH3 is 1. The summed E-state index contributed by atoms with van der Waals surface area (Å²) >= 11 is 0. The number of amides is 1. The number of hydrogen-bond acceptors (Lipinski definition) is 3. The number of allylic oxidation sites excluding steroid dienone is 1. The third-order valence-electron chi connectivity index (χ3n) is 1.75. The molecule has 1 unspecified atom stereocenters. The highest BCUT2D eigenvalue weighted by Crippen LogP contribution is 2.16. The van der Waals surface area contributed by atoms with Crippen LogP contribution in [0.3, 0.4) is 0 Å². The van der Waals surface area contributed by atoms with Crippen molar-refractivity contribution in [2.45, 2.75) is 6.92 Å². The molecule has 0 saturated heterocycles. The molecule has 1 atom stereocenters. The van der Waals surface area contributed by atoms with Crippen molar-refractivity contribution in [2.24, 2.45) is 16.6 Å². The molecule has 66 valence electrons. The van der Waals surface area contributed by atoms with Gasteiger partial charge in [-0.15, -0.1) is 0 Å². The Morgan fingerprint density at radius 1 is 1.75 bits per heavy atom. The third kappa shape index (κ3) is 1.53. The van der Waals surface area contributed by atoms with Crippen molar-refractivity contribution in [3.05, 3.63) is 11.8 Å². The Kier molecular flexibility index (Phi) is 2.60. The summed E-state index contributed by atoms with van der Waals surface area (Å²) < 4.78 is 5.01. The summed E-state index contributed by atoms with van der Waals surface area (Å²) in [5.41, 5.74) is 6.06. The fourth-order valence-corrected chi connectivity index (χ4v) is 1.13.